The molecule has 2 amide bonds. The van der Waals surface area contributed by atoms with E-state index in [2.05, 4.69) is 44.5 Å². The smallest absolute Gasteiger partial charge is 0.315 e. The number of benzene rings is 2. The van der Waals surface area contributed by atoms with E-state index < -0.39 is 18.1 Å². The second-order valence-corrected chi connectivity index (χ2v) is 8.74. The molecule has 0 saturated carbocycles. The lowest BCUT2D eigenvalue weighted by molar-refractivity contribution is 0.216. The zero-order valence-electron chi connectivity index (χ0n) is 23.1. The number of urea groups is 1. The summed E-state index contributed by atoms with van der Waals surface area (Å²) < 4.78 is 0. The highest BCUT2D eigenvalue weighted by molar-refractivity contribution is 6.33. The third kappa shape index (κ3) is 9.38. The molecule has 0 bridgehead atoms. The molecule has 9 nitrogen and oxygen atoms in total. The maximum Gasteiger partial charge on any atom is 0.315 e. The highest BCUT2D eigenvalue weighted by Crippen LogP contribution is 2.25. The van der Waals surface area contributed by atoms with Crippen LogP contribution in [0.5, 0.6) is 0 Å². The summed E-state index contributed by atoms with van der Waals surface area (Å²) in [4.78, 5) is 21.4. The molecular formula is C29H38ClN7O2. The number of amides is 2. The Morgan fingerprint density at radius 3 is 2.62 bits per heavy atom. The lowest BCUT2D eigenvalue weighted by Crippen LogP contribution is -2.44. The minimum absolute atomic E-state index is 0.217. The van der Waals surface area contributed by atoms with Crippen molar-refractivity contribution >= 4 is 41.3 Å². The van der Waals surface area contributed by atoms with Crippen molar-refractivity contribution in [2.45, 2.75) is 53.1 Å². The van der Waals surface area contributed by atoms with Crippen LogP contribution >= 0.6 is 11.6 Å². The SMILES string of the molecule is C=CN(/N=C\C(C)NC(=O)N[C@@H](CO)c1cccc(CC)c1)c1nc(Nc2ccccc2Cl)ncc1C.CC. The van der Waals surface area contributed by atoms with Crippen molar-refractivity contribution in [3.63, 3.8) is 0 Å². The Morgan fingerprint density at radius 2 is 1.95 bits per heavy atom. The number of hydrogen-bond donors (Lipinski definition) is 4. The molecule has 4 N–H and O–H groups in total. The van der Waals surface area contributed by atoms with E-state index in [1.165, 1.54) is 11.2 Å². The molecule has 0 fully saturated rings. The number of aromatic nitrogens is 2. The number of rotatable bonds is 11. The molecule has 2 atom stereocenters. The monoisotopic (exact) mass is 551 g/mol. The van der Waals surface area contributed by atoms with E-state index in [4.69, 9.17) is 11.6 Å². The van der Waals surface area contributed by atoms with Crippen LogP contribution in [0.2, 0.25) is 5.02 Å². The fourth-order valence-corrected chi connectivity index (χ4v) is 3.66. The number of nitrogens with one attached hydrogen (secondary N) is 3. The molecule has 208 valence electrons. The number of carbonyl (C=O) groups is 1. The third-order valence-corrected chi connectivity index (χ3v) is 5.81. The molecule has 0 aliphatic heterocycles. The Kier molecular flexibility index (Phi) is 12.9. The Labute approximate surface area is 236 Å². The van der Waals surface area contributed by atoms with Gasteiger partial charge in [0.15, 0.2) is 5.82 Å². The molecule has 3 rings (SSSR count). The molecular weight excluding hydrogens is 514 g/mol. The second kappa shape index (κ2) is 16.1. The lowest BCUT2D eigenvalue weighted by atomic mass is 10.0. The number of hydrogen-bond acceptors (Lipinski definition) is 7. The van der Waals surface area contributed by atoms with Crippen LogP contribution in [-0.2, 0) is 6.42 Å². The number of aliphatic hydroxyl groups is 1. The van der Waals surface area contributed by atoms with Crippen LogP contribution in [-0.4, -0.2) is 40.0 Å². The van der Waals surface area contributed by atoms with Crippen molar-refractivity contribution < 1.29 is 9.90 Å². The summed E-state index contributed by atoms with van der Waals surface area (Å²) in [5, 5.41) is 25.0. The van der Waals surface area contributed by atoms with Crippen LogP contribution in [0.4, 0.5) is 22.2 Å². The van der Waals surface area contributed by atoms with Crippen LogP contribution < -0.4 is 21.0 Å². The topological polar surface area (TPSA) is 115 Å². The number of halogens is 1. The average molecular weight is 552 g/mol. The first kappa shape index (κ1) is 31.3. The molecule has 0 aliphatic rings. The largest absolute Gasteiger partial charge is 0.394 e. The zero-order chi connectivity index (χ0) is 28.8. The summed E-state index contributed by atoms with van der Waals surface area (Å²) in [7, 11) is 0. The van der Waals surface area contributed by atoms with Gasteiger partial charge in [0.25, 0.3) is 0 Å². The fourth-order valence-electron chi connectivity index (χ4n) is 3.48. The van der Waals surface area contributed by atoms with Crippen LogP contribution in [0.15, 0.2) is 72.6 Å². The maximum absolute atomic E-state index is 12.6. The third-order valence-electron chi connectivity index (χ3n) is 5.48. The fraction of sp³-hybridized carbons (Fsp3) is 0.310. The van der Waals surface area contributed by atoms with E-state index in [-0.39, 0.29) is 6.61 Å². The van der Waals surface area contributed by atoms with Crippen molar-refractivity contribution in [3.05, 3.63) is 89.2 Å². The van der Waals surface area contributed by atoms with Gasteiger partial charge < -0.3 is 21.1 Å². The van der Waals surface area contributed by atoms with E-state index in [9.17, 15) is 9.90 Å². The minimum atomic E-state index is -0.520. The highest BCUT2D eigenvalue weighted by atomic mass is 35.5. The molecule has 10 heteroatoms. The predicted octanol–water partition coefficient (Wildman–Crippen LogP) is 6.13. The molecule has 3 aromatic rings. The van der Waals surface area contributed by atoms with Crippen LogP contribution in [0.3, 0.4) is 0 Å². The first-order chi connectivity index (χ1) is 18.8. The molecule has 39 heavy (non-hydrogen) atoms. The van der Waals surface area contributed by atoms with Gasteiger partial charge in [-0.15, -0.1) is 0 Å². The van der Waals surface area contributed by atoms with Gasteiger partial charge in [0.2, 0.25) is 5.95 Å². The lowest BCUT2D eigenvalue weighted by Gasteiger charge is -2.20. The van der Waals surface area contributed by atoms with E-state index in [1.807, 2.05) is 63.2 Å². The second-order valence-electron chi connectivity index (χ2n) is 8.34. The van der Waals surface area contributed by atoms with E-state index in [0.717, 1.165) is 23.1 Å². The van der Waals surface area contributed by atoms with Gasteiger partial charge in [-0.25, -0.2) is 14.8 Å². The Morgan fingerprint density at radius 1 is 1.21 bits per heavy atom. The van der Waals surface area contributed by atoms with Gasteiger partial charge in [0, 0.05) is 24.2 Å². The molecule has 1 heterocycles. The summed E-state index contributed by atoms with van der Waals surface area (Å²) in [6.45, 7) is 13.3. The predicted molar refractivity (Wildman–Crippen MR) is 161 cm³/mol. The van der Waals surface area contributed by atoms with Crippen LogP contribution in [0.1, 0.15) is 50.4 Å². The first-order valence-corrected chi connectivity index (χ1v) is 13.3. The molecule has 0 spiro atoms. The Balaban J connectivity index is 0.00000260. The van der Waals surface area contributed by atoms with E-state index >= 15 is 0 Å². The maximum atomic E-state index is 12.6. The number of anilines is 3. The summed E-state index contributed by atoms with van der Waals surface area (Å²) in [6.07, 6.45) is 5.62. The molecule has 0 radical (unpaired) electrons. The minimum Gasteiger partial charge on any atom is -0.394 e. The van der Waals surface area contributed by atoms with Gasteiger partial charge in [0.05, 0.1) is 29.4 Å². The first-order valence-electron chi connectivity index (χ1n) is 12.9. The molecule has 1 aromatic heterocycles. The van der Waals surface area contributed by atoms with Gasteiger partial charge in [0.1, 0.15) is 0 Å². The van der Waals surface area contributed by atoms with Gasteiger partial charge >= 0.3 is 6.03 Å². The molecule has 0 aliphatic carbocycles. The summed E-state index contributed by atoms with van der Waals surface area (Å²) in [5.41, 5.74) is 3.43. The van der Waals surface area contributed by atoms with Crippen molar-refractivity contribution in [3.8, 4) is 0 Å². The van der Waals surface area contributed by atoms with Crippen molar-refractivity contribution in [1.82, 2.24) is 20.6 Å². The van der Waals surface area contributed by atoms with Crippen molar-refractivity contribution in [1.29, 1.82) is 0 Å². The summed E-state index contributed by atoms with van der Waals surface area (Å²) >= 11 is 6.23. The summed E-state index contributed by atoms with van der Waals surface area (Å²) in [5.74, 6) is 0.868. The van der Waals surface area contributed by atoms with E-state index in [1.54, 1.807) is 25.4 Å². The van der Waals surface area contributed by atoms with E-state index in [0.29, 0.717) is 22.5 Å². The standard InChI is InChI=1S/C27H32ClN7O2.C2H6/c1-5-20-10-9-11-21(14-20)24(17-36)33-27(37)31-19(4)16-30-35(6-2)25-18(3)15-29-26(34-25)32-23-13-8-7-12-22(23)28;1-2/h6-16,19,24,36H,2,5,17H2,1,3-4H3,(H,29,32,34)(H2,31,33,37);1-2H3/b30-16-;/t19?,24-;/m0./s1. The summed E-state index contributed by atoms with van der Waals surface area (Å²) in [6, 6.07) is 13.7. The average Bonchev–Trinajstić information content (AvgIpc) is 2.95. The number of aliphatic hydroxyl groups excluding tert-OH is 1. The van der Waals surface area contributed by atoms with Crippen LogP contribution in [0.25, 0.3) is 0 Å². The van der Waals surface area contributed by atoms with Crippen molar-refractivity contribution in [2.24, 2.45) is 5.10 Å². The van der Waals surface area contributed by atoms with Crippen molar-refractivity contribution in [2.75, 3.05) is 16.9 Å². The number of hydrazone groups is 1. The van der Waals surface area contributed by atoms with Crippen LogP contribution in [0, 0.1) is 6.92 Å². The Bertz CT molecular complexity index is 1250. The molecule has 1 unspecified atom stereocenters. The number of para-hydroxylation sites is 1. The number of carbonyl (C=O) groups excluding carboxylic acids is 1. The normalized spacial score (nSPS) is 12.1. The van der Waals surface area contributed by atoms with Gasteiger partial charge in [-0.1, -0.05) is 75.3 Å². The Hall–Kier alpha value is -3.95. The number of aryl methyl sites for hydroxylation is 2. The van der Waals surface area contributed by atoms with Gasteiger partial charge in [-0.2, -0.15) is 10.1 Å². The quantitative estimate of drug-likeness (QED) is 0.168. The number of nitrogens with zero attached hydrogens (tertiary/aromatic N) is 4. The highest BCUT2D eigenvalue weighted by Gasteiger charge is 2.16. The molecule has 2 aromatic carbocycles. The zero-order valence-corrected chi connectivity index (χ0v) is 23.9. The molecule has 0 saturated heterocycles. The van der Waals surface area contributed by atoms with Gasteiger partial charge in [-0.05, 0) is 43.5 Å². The van der Waals surface area contributed by atoms with Gasteiger partial charge in [-0.3, -0.25) is 0 Å².